The number of phenolic OH excluding ortho intramolecular Hbond substituents is 2. The molecule has 2 fully saturated rings. The van der Waals surface area contributed by atoms with Gasteiger partial charge in [-0.05, 0) is 53.5 Å². The maximum atomic E-state index is 13.9. The van der Waals surface area contributed by atoms with Crippen molar-refractivity contribution in [1.82, 2.24) is 5.06 Å². The first-order chi connectivity index (χ1) is 24.2. The first kappa shape index (κ1) is 37.8. The number of aromatic hydroxyl groups is 2. The number of Topliss-reactive ketones (excluding diaryl/α,β-unsaturated/α-hetero) is 1. The fourth-order valence-electron chi connectivity index (χ4n) is 8.43. The minimum Gasteiger partial charge on any atom is -0.507 e. The van der Waals surface area contributed by atoms with Gasteiger partial charge < -0.3 is 50.3 Å². The summed E-state index contributed by atoms with van der Waals surface area (Å²) in [5.41, 5.74) is 0.624. The number of phenols is 2. The van der Waals surface area contributed by atoms with E-state index in [2.05, 4.69) is 0 Å². The summed E-state index contributed by atoms with van der Waals surface area (Å²) in [7, 11) is 1.32. The van der Waals surface area contributed by atoms with E-state index in [1.165, 1.54) is 30.4 Å². The van der Waals surface area contributed by atoms with Crippen LogP contribution in [-0.2, 0) is 30.2 Å². The second-order valence-electron chi connectivity index (χ2n) is 15.7. The molecule has 2 aliphatic heterocycles. The standard InChI is InChI=1S/C37H46N2O13/c1-16-29(41)20(38)10-24(51-16)52-22-14-37(47,23(40)15-50-34(46)17-11-35(2,3)39(48)36(4,5)12-17)13-19-26(22)33(45)28-27(31(19)43)30(42)18-8-7-9-21(49-6)25(18)32(28)44/h7-9,16-17,20,22,24,29,41,43,45,47-48H,10-15,38H2,1-6H3/t16?,20-,22+,24?,29-,37+/m1/s1. The van der Waals surface area contributed by atoms with Crippen LogP contribution in [0.4, 0.5) is 0 Å². The van der Waals surface area contributed by atoms with Crippen LogP contribution < -0.4 is 10.5 Å². The van der Waals surface area contributed by atoms with Crippen molar-refractivity contribution in [3.8, 4) is 17.2 Å². The largest absolute Gasteiger partial charge is 0.507 e. The van der Waals surface area contributed by atoms with Gasteiger partial charge in [0.25, 0.3) is 0 Å². The Balaban J connectivity index is 1.36. The van der Waals surface area contributed by atoms with Crippen LogP contribution >= 0.6 is 0 Å². The first-order valence-corrected chi connectivity index (χ1v) is 17.3. The molecule has 0 spiro atoms. The Kier molecular flexibility index (Phi) is 9.56. The molecule has 2 unspecified atom stereocenters. The Labute approximate surface area is 300 Å². The van der Waals surface area contributed by atoms with Crippen LogP contribution in [0.3, 0.4) is 0 Å². The molecule has 2 aliphatic carbocycles. The Morgan fingerprint density at radius 2 is 1.63 bits per heavy atom. The van der Waals surface area contributed by atoms with E-state index in [-0.39, 0.29) is 47.3 Å². The van der Waals surface area contributed by atoms with Crippen molar-refractivity contribution in [2.24, 2.45) is 11.7 Å². The molecule has 0 radical (unpaired) electrons. The van der Waals surface area contributed by atoms with Crippen LogP contribution in [0.25, 0.3) is 0 Å². The molecule has 2 saturated heterocycles. The van der Waals surface area contributed by atoms with E-state index >= 15 is 0 Å². The van der Waals surface area contributed by atoms with E-state index in [9.17, 15) is 44.8 Å². The number of piperidine rings is 1. The van der Waals surface area contributed by atoms with E-state index in [1.54, 1.807) is 34.6 Å². The molecule has 4 aliphatic rings. The van der Waals surface area contributed by atoms with Crippen molar-refractivity contribution < 1.29 is 63.8 Å². The number of ketones is 3. The molecule has 2 heterocycles. The highest BCUT2D eigenvalue weighted by Crippen LogP contribution is 2.52. The molecule has 15 nitrogen and oxygen atoms in total. The van der Waals surface area contributed by atoms with Crippen LogP contribution in [0.2, 0.25) is 0 Å². The molecule has 15 heteroatoms. The fourth-order valence-corrected chi connectivity index (χ4v) is 8.43. The zero-order valence-electron chi connectivity index (χ0n) is 30.0. The number of esters is 1. The number of hydrogen-bond donors (Lipinski definition) is 6. The van der Waals surface area contributed by atoms with Gasteiger partial charge in [-0.3, -0.25) is 19.2 Å². The van der Waals surface area contributed by atoms with Gasteiger partial charge in [-0.2, -0.15) is 5.06 Å². The van der Waals surface area contributed by atoms with E-state index in [0.717, 1.165) is 0 Å². The second kappa shape index (κ2) is 13.2. The Hall–Kier alpha value is -3.96. The van der Waals surface area contributed by atoms with Gasteiger partial charge in [0, 0.05) is 53.1 Å². The van der Waals surface area contributed by atoms with Gasteiger partial charge in [-0.25, -0.2) is 0 Å². The number of aliphatic hydroxyl groups excluding tert-OH is 1. The minimum atomic E-state index is -2.37. The highest BCUT2D eigenvalue weighted by molar-refractivity contribution is 6.31. The monoisotopic (exact) mass is 726 g/mol. The van der Waals surface area contributed by atoms with Gasteiger partial charge >= 0.3 is 5.97 Å². The normalized spacial score (nSPS) is 29.8. The highest BCUT2D eigenvalue weighted by Gasteiger charge is 2.52. The van der Waals surface area contributed by atoms with Gasteiger partial charge in [-0.15, -0.1) is 0 Å². The summed E-state index contributed by atoms with van der Waals surface area (Å²) in [5, 5.41) is 57.7. The first-order valence-electron chi connectivity index (χ1n) is 17.3. The molecule has 0 aromatic heterocycles. The third-order valence-electron chi connectivity index (χ3n) is 11.0. The third-order valence-corrected chi connectivity index (χ3v) is 11.0. The lowest BCUT2D eigenvalue weighted by molar-refractivity contribution is -0.252. The predicted molar refractivity (Wildman–Crippen MR) is 180 cm³/mol. The van der Waals surface area contributed by atoms with Crippen LogP contribution in [0.5, 0.6) is 17.2 Å². The fraction of sp³-hybridized carbons (Fsp3) is 0.568. The van der Waals surface area contributed by atoms with Crippen molar-refractivity contribution in [3.63, 3.8) is 0 Å². The SMILES string of the molecule is COc1cccc2c1C(=O)c1c(O)c3c(c(O)c1C2=O)C[C@@](O)(C(=O)COC(=O)C1CC(C)(C)N(O)C(C)(C)C1)C[C@@H]3OC1C[C@@H](N)[C@H](O)C(C)O1. The second-order valence-corrected chi connectivity index (χ2v) is 15.7. The van der Waals surface area contributed by atoms with Gasteiger partial charge in [0.05, 0.1) is 48.0 Å². The van der Waals surface area contributed by atoms with Crippen LogP contribution in [-0.4, -0.2) is 109 Å². The summed E-state index contributed by atoms with van der Waals surface area (Å²) >= 11 is 0. The summed E-state index contributed by atoms with van der Waals surface area (Å²) in [6.45, 7) is 7.83. The Morgan fingerprint density at radius 3 is 2.25 bits per heavy atom. The van der Waals surface area contributed by atoms with Gasteiger partial charge in [-0.1, -0.05) is 12.1 Å². The van der Waals surface area contributed by atoms with Crippen LogP contribution in [0.15, 0.2) is 18.2 Å². The van der Waals surface area contributed by atoms with Gasteiger partial charge in [0.1, 0.15) is 22.8 Å². The van der Waals surface area contributed by atoms with Crippen molar-refractivity contribution in [2.45, 2.75) is 114 Å². The number of ether oxygens (including phenoxy) is 4. The van der Waals surface area contributed by atoms with E-state index in [0.29, 0.717) is 0 Å². The summed E-state index contributed by atoms with van der Waals surface area (Å²) < 4.78 is 22.8. The molecule has 6 atom stereocenters. The maximum absolute atomic E-state index is 13.9. The number of methoxy groups -OCH3 is 1. The van der Waals surface area contributed by atoms with Crippen molar-refractivity contribution >= 4 is 23.3 Å². The number of carbonyl (C=O) groups is 4. The minimum absolute atomic E-state index is 0.0274. The van der Waals surface area contributed by atoms with Gasteiger partial charge in [0.15, 0.2) is 18.7 Å². The average Bonchev–Trinajstić information content (AvgIpc) is 3.07. The topological polar surface area (TPSA) is 236 Å². The molecule has 6 rings (SSSR count). The van der Waals surface area contributed by atoms with E-state index < -0.39 is 119 Å². The van der Waals surface area contributed by atoms with Gasteiger partial charge in [0.2, 0.25) is 11.6 Å². The van der Waals surface area contributed by atoms with E-state index in [1.807, 2.05) is 0 Å². The zero-order chi connectivity index (χ0) is 38.2. The summed E-state index contributed by atoms with van der Waals surface area (Å²) in [6, 6.07) is 3.57. The quantitative estimate of drug-likeness (QED) is 0.151. The molecular formula is C37H46N2O13. The molecule has 282 valence electrons. The number of fused-ring (bicyclic) bond motifs is 3. The number of nitrogens with zero attached hydrogens (tertiary/aromatic N) is 1. The summed E-state index contributed by atoms with van der Waals surface area (Å²) in [6.07, 6.45) is -5.08. The molecule has 2 aromatic carbocycles. The van der Waals surface area contributed by atoms with Crippen molar-refractivity contribution in [2.75, 3.05) is 13.7 Å². The molecule has 0 amide bonds. The average molecular weight is 727 g/mol. The summed E-state index contributed by atoms with van der Waals surface area (Å²) in [4.78, 5) is 54.9. The number of aliphatic hydroxyl groups is 2. The number of nitrogens with two attached hydrogens (primary N) is 1. The number of hydrogen-bond acceptors (Lipinski definition) is 15. The zero-order valence-corrected chi connectivity index (χ0v) is 30.0. The maximum Gasteiger partial charge on any atom is 0.309 e. The predicted octanol–water partition coefficient (Wildman–Crippen LogP) is 2.21. The molecule has 52 heavy (non-hydrogen) atoms. The lowest BCUT2D eigenvalue weighted by Gasteiger charge is -2.50. The molecular weight excluding hydrogens is 680 g/mol. The molecule has 7 N–H and O–H groups in total. The lowest BCUT2D eigenvalue weighted by atomic mass is 9.72. The van der Waals surface area contributed by atoms with Crippen molar-refractivity contribution in [3.05, 3.63) is 51.6 Å². The lowest BCUT2D eigenvalue weighted by Crippen LogP contribution is -2.60. The molecule has 0 saturated carbocycles. The Morgan fingerprint density at radius 1 is 1.00 bits per heavy atom. The number of carbonyl (C=O) groups excluding carboxylic acids is 4. The number of rotatable bonds is 7. The number of benzene rings is 2. The molecule has 2 aromatic rings. The summed E-state index contributed by atoms with van der Waals surface area (Å²) in [5.74, 6) is -5.26. The number of hydroxylamine groups is 2. The smallest absolute Gasteiger partial charge is 0.309 e. The Bertz CT molecular complexity index is 1810. The third kappa shape index (κ3) is 6.17. The van der Waals surface area contributed by atoms with Crippen molar-refractivity contribution in [1.29, 1.82) is 0 Å². The van der Waals surface area contributed by atoms with E-state index in [4.69, 9.17) is 24.7 Å². The van der Waals surface area contributed by atoms with Crippen LogP contribution in [0.1, 0.15) is 109 Å². The van der Waals surface area contributed by atoms with Crippen LogP contribution in [0, 0.1) is 5.92 Å². The molecule has 0 bridgehead atoms. The highest BCUT2D eigenvalue weighted by atomic mass is 16.7.